The first-order valence-electron chi connectivity index (χ1n) is 11.0. The number of hydrogen-bond donors (Lipinski definition) is 2. The van der Waals surface area contributed by atoms with E-state index in [1.807, 2.05) is 19.1 Å². The molecule has 1 spiro atoms. The second-order valence-corrected chi connectivity index (χ2v) is 10.4. The van der Waals surface area contributed by atoms with Crippen LogP contribution in [0.5, 0.6) is 0 Å². The molecular weight excluding hydrogens is 378 g/mol. The fourth-order valence-corrected chi connectivity index (χ4v) is 5.33. The van der Waals surface area contributed by atoms with Crippen molar-refractivity contribution in [3.63, 3.8) is 0 Å². The number of imide groups is 1. The Hall–Kier alpha value is -2.37. The minimum Gasteiger partial charge on any atom is -0.348 e. The number of carbonyl (C=O) groups excluding carboxylic acids is 3. The second-order valence-electron chi connectivity index (χ2n) is 10.4. The highest BCUT2D eigenvalue weighted by atomic mass is 16.2. The summed E-state index contributed by atoms with van der Waals surface area (Å²) in [5.41, 5.74) is 1.32. The lowest BCUT2D eigenvalue weighted by Crippen LogP contribution is -2.54. The fourth-order valence-electron chi connectivity index (χ4n) is 5.33. The third-order valence-electron chi connectivity index (χ3n) is 6.41. The number of nitrogens with one attached hydrogen (secondary N) is 2. The number of rotatable bonds is 5. The lowest BCUT2D eigenvalue weighted by atomic mass is 9.64. The summed E-state index contributed by atoms with van der Waals surface area (Å²) in [5.74, 6) is 0.180. The molecule has 1 aliphatic carbocycles. The topological polar surface area (TPSA) is 78.5 Å². The van der Waals surface area contributed by atoms with Gasteiger partial charge in [0, 0.05) is 0 Å². The highest BCUT2D eigenvalue weighted by molar-refractivity contribution is 6.09. The van der Waals surface area contributed by atoms with Crippen molar-refractivity contribution in [2.24, 2.45) is 11.3 Å². The van der Waals surface area contributed by atoms with Crippen LogP contribution in [0.1, 0.15) is 83.9 Å². The van der Waals surface area contributed by atoms with Gasteiger partial charge in [0.2, 0.25) is 5.91 Å². The Bertz CT molecular complexity index is 831. The molecule has 1 saturated carbocycles. The van der Waals surface area contributed by atoms with E-state index >= 15 is 0 Å². The first kappa shape index (κ1) is 22.3. The lowest BCUT2D eigenvalue weighted by Gasteiger charge is -2.43. The number of benzene rings is 1. The van der Waals surface area contributed by atoms with Crippen molar-refractivity contribution in [1.29, 1.82) is 0 Å². The van der Waals surface area contributed by atoms with E-state index in [4.69, 9.17) is 0 Å². The zero-order chi connectivity index (χ0) is 22.3. The van der Waals surface area contributed by atoms with Crippen molar-refractivity contribution in [3.05, 3.63) is 35.4 Å². The van der Waals surface area contributed by atoms with Crippen LogP contribution < -0.4 is 10.6 Å². The van der Waals surface area contributed by atoms with Crippen molar-refractivity contribution in [3.8, 4) is 0 Å². The molecule has 1 aliphatic heterocycles. The van der Waals surface area contributed by atoms with Gasteiger partial charge in [0.1, 0.15) is 12.1 Å². The lowest BCUT2D eigenvalue weighted by molar-refractivity contribution is -0.137. The van der Waals surface area contributed by atoms with Crippen LogP contribution in [0.2, 0.25) is 0 Å². The third kappa shape index (κ3) is 4.52. The summed E-state index contributed by atoms with van der Waals surface area (Å²) >= 11 is 0. The molecule has 4 amide bonds. The maximum Gasteiger partial charge on any atom is 0.325 e. The molecule has 0 aromatic heterocycles. The number of amides is 4. The van der Waals surface area contributed by atoms with Crippen molar-refractivity contribution >= 4 is 17.8 Å². The molecule has 6 heteroatoms. The van der Waals surface area contributed by atoms with Gasteiger partial charge < -0.3 is 10.6 Å². The smallest absolute Gasteiger partial charge is 0.325 e. The summed E-state index contributed by atoms with van der Waals surface area (Å²) in [5, 5.41) is 5.84. The van der Waals surface area contributed by atoms with Crippen molar-refractivity contribution in [1.82, 2.24) is 15.5 Å². The molecule has 1 aromatic rings. The maximum absolute atomic E-state index is 13.2. The highest BCUT2D eigenvalue weighted by Gasteiger charge is 2.56. The quantitative estimate of drug-likeness (QED) is 0.713. The van der Waals surface area contributed by atoms with E-state index in [1.54, 1.807) is 0 Å². The van der Waals surface area contributed by atoms with Crippen LogP contribution in [-0.4, -0.2) is 34.8 Å². The van der Waals surface area contributed by atoms with Gasteiger partial charge in [-0.1, -0.05) is 58.9 Å². The molecular formula is C24H35N3O3. The molecule has 6 nitrogen and oxygen atoms in total. The Balaban J connectivity index is 1.65. The molecule has 1 saturated heterocycles. The van der Waals surface area contributed by atoms with Gasteiger partial charge in [-0.15, -0.1) is 0 Å². The zero-order valence-electron chi connectivity index (χ0n) is 19.0. The Kier molecular flexibility index (Phi) is 5.99. The standard InChI is InChI=1S/C24H35N3O3/c1-15(2)18-7-9-19(10-8-18)17(4)25-20(28)13-27-21(29)24(26-22(27)30)12-16(3)11-23(5,6)14-24/h7-10,15-17H,11-14H2,1-6H3,(H,25,28)(H,26,30)/t16-,17+,24+/m0/s1. The monoisotopic (exact) mass is 413 g/mol. The molecule has 3 rings (SSSR count). The number of urea groups is 1. The molecule has 0 unspecified atom stereocenters. The molecule has 2 aliphatic rings. The minimum atomic E-state index is -0.878. The average molecular weight is 414 g/mol. The van der Waals surface area contributed by atoms with Crippen LogP contribution in [0.4, 0.5) is 4.79 Å². The largest absolute Gasteiger partial charge is 0.348 e. The fraction of sp³-hybridized carbons (Fsp3) is 0.625. The molecule has 164 valence electrons. The summed E-state index contributed by atoms with van der Waals surface area (Å²) in [6.07, 6.45) is 2.24. The average Bonchev–Trinajstić information content (AvgIpc) is 2.83. The summed E-state index contributed by atoms with van der Waals surface area (Å²) in [4.78, 5) is 39.5. The highest BCUT2D eigenvalue weighted by Crippen LogP contribution is 2.46. The van der Waals surface area contributed by atoms with Gasteiger partial charge in [-0.25, -0.2) is 4.79 Å². The zero-order valence-corrected chi connectivity index (χ0v) is 19.0. The van der Waals surface area contributed by atoms with E-state index in [-0.39, 0.29) is 29.8 Å². The summed E-state index contributed by atoms with van der Waals surface area (Å²) in [6, 6.07) is 7.48. The predicted octanol–water partition coefficient (Wildman–Crippen LogP) is 4.12. The van der Waals surface area contributed by atoms with Crippen molar-refractivity contribution in [2.75, 3.05) is 6.54 Å². The minimum absolute atomic E-state index is 0.0322. The Labute approximate surface area is 179 Å². The van der Waals surface area contributed by atoms with E-state index < -0.39 is 11.6 Å². The van der Waals surface area contributed by atoms with Crippen LogP contribution in [0.3, 0.4) is 0 Å². The molecule has 3 atom stereocenters. The summed E-state index contributed by atoms with van der Waals surface area (Å²) < 4.78 is 0. The molecule has 2 N–H and O–H groups in total. The number of carbonyl (C=O) groups is 3. The Morgan fingerprint density at radius 2 is 1.73 bits per heavy atom. The Morgan fingerprint density at radius 1 is 1.13 bits per heavy atom. The molecule has 2 fully saturated rings. The van der Waals surface area contributed by atoms with Gasteiger partial charge in [-0.3, -0.25) is 14.5 Å². The van der Waals surface area contributed by atoms with Crippen LogP contribution in [0.15, 0.2) is 24.3 Å². The van der Waals surface area contributed by atoms with Gasteiger partial charge in [-0.2, -0.15) is 0 Å². The molecule has 0 bridgehead atoms. The van der Waals surface area contributed by atoms with E-state index in [0.29, 0.717) is 24.7 Å². The third-order valence-corrected chi connectivity index (χ3v) is 6.41. The second kappa shape index (κ2) is 8.05. The normalized spacial score (nSPS) is 26.8. The molecule has 1 aromatic carbocycles. The van der Waals surface area contributed by atoms with E-state index in [2.05, 4.69) is 57.4 Å². The molecule has 0 radical (unpaired) electrons. The van der Waals surface area contributed by atoms with Gasteiger partial charge >= 0.3 is 6.03 Å². The maximum atomic E-state index is 13.2. The van der Waals surface area contributed by atoms with Crippen LogP contribution in [0, 0.1) is 11.3 Å². The Morgan fingerprint density at radius 3 is 2.30 bits per heavy atom. The molecule has 1 heterocycles. The van der Waals surface area contributed by atoms with Gasteiger partial charge in [0.15, 0.2) is 0 Å². The van der Waals surface area contributed by atoms with Crippen LogP contribution in [-0.2, 0) is 9.59 Å². The predicted molar refractivity (Wildman–Crippen MR) is 117 cm³/mol. The summed E-state index contributed by atoms with van der Waals surface area (Å²) in [6.45, 7) is 12.3. The number of hydrogen-bond acceptors (Lipinski definition) is 3. The first-order chi connectivity index (χ1) is 13.9. The SMILES string of the molecule is CC(C)c1ccc([C@@H](C)NC(=O)CN2C(=O)N[C@@]3(C[C@@H](C)CC(C)(C)C3)C2=O)cc1. The van der Waals surface area contributed by atoms with E-state index in [9.17, 15) is 14.4 Å². The van der Waals surface area contributed by atoms with Gasteiger partial charge in [0.05, 0.1) is 6.04 Å². The van der Waals surface area contributed by atoms with Crippen molar-refractivity contribution in [2.45, 2.75) is 78.3 Å². The van der Waals surface area contributed by atoms with Crippen LogP contribution >= 0.6 is 0 Å². The van der Waals surface area contributed by atoms with E-state index in [0.717, 1.165) is 16.9 Å². The first-order valence-corrected chi connectivity index (χ1v) is 11.0. The van der Waals surface area contributed by atoms with Gasteiger partial charge in [0.25, 0.3) is 5.91 Å². The molecule has 30 heavy (non-hydrogen) atoms. The summed E-state index contributed by atoms with van der Waals surface area (Å²) in [7, 11) is 0. The van der Waals surface area contributed by atoms with Crippen molar-refractivity contribution < 1.29 is 14.4 Å². The van der Waals surface area contributed by atoms with Crippen LogP contribution in [0.25, 0.3) is 0 Å². The van der Waals surface area contributed by atoms with E-state index in [1.165, 1.54) is 5.56 Å². The van der Waals surface area contributed by atoms with Gasteiger partial charge in [-0.05, 0) is 54.6 Å². The number of nitrogens with zero attached hydrogens (tertiary/aromatic N) is 1.